The minimum Gasteiger partial charge on any atom is -0.295 e. The van der Waals surface area contributed by atoms with Gasteiger partial charge < -0.3 is 0 Å². The first-order valence-electron chi connectivity index (χ1n) is 8.40. The second-order valence-electron chi connectivity index (χ2n) is 6.07. The van der Waals surface area contributed by atoms with Gasteiger partial charge in [-0.1, -0.05) is 13.3 Å². The minimum atomic E-state index is -3.36. The molecule has 1 aliphatic heterocycles. The molecule has 1 aliphatic rings. The highest BCUT2D eigenvalue weighted by molar-refractivity contribution is 9.11. The van der Waals surface area contributed by atoms with Crippen LogP contribution in [0.4, 0.5) is 0 Å². The van der Waals surface area contributed by atoms with Crippen molar-refractivity contribution in [2.75, 3.05) is 26.2 Å². The van der Waals surface area contributed by atoms with Crippen molar-refractivity contribution >= 4 is 48.6 Å². The summed E-state index contributed by atoms with van der Waals surface area (Å²) in [6, 6.07) is 3.45. The number of piperazine rings is 1. The van der Waals surface area contributed by atoms with E-state index in [0.29, 0.717) is 17.3 Å². The van der Waals surface area contributed by atoms with E-state index >= 15 is 0 Å². The van der Waals surface area contributed by atoms with E-state index in [1.165, 1.54) is 29.2 Å². The highest BCUT2D eigenvalue weighted by atomic mass is 79.9. The summed E-state index contributed by atoms with van der Waals surface area (Å²) in [5.41, 5.74) is 1.11. The van der Waals surface area contributed by atoms with Gasteiger partial charge in [0, 0.05) is 38.1 Å². The predicted molar refractivity (Wildman–Crippen MR) is 107 cm³/mol. The van der Waals surface area contributed by atoms with Crippen LogP contribution >= 0.6 is 38.6 Å². The summed E-state index contributed by atoms with van der Waals surface area (Å²) >= 11 is 6.34. The van der Waals surface area contributed by atoms with Crippen molar-refractivity contribution in [1.29, 1.82) is 0 Å². The van der Waals surface area contributed by atoms with E-state index < -0.39 is 10.0 Å². The van der Waals surface area contributed by atoms with E-state index in [2.05, 4.69) is 33.1 Å². The molecule has 0 amide bonds. The highest BCUT2D eigenvalue weighted by Crippen LogP contribution is 2.29. The van der Waals surface area contributed by atoms with Gasteiger partial charge in [-0.3, -0.25) is 4.90 Å². The third-order valence-electron chi connectivity index (χ3n) is 4.20. The molecule has 0 saturated carbocycles. The fraction of sp³-hybridized carbons (Fsp3) is 0.562. The van der Waals surface area contributed by atoms with Crippen molar-refractivity contribution in [2.24, 2.45) is 0 Å². The van der Waals surface area contributed by atoms with E-state index in [-0.39, 0.29) is 0 Å². The Balaban J connectivity index is 1.54. The number of unbranched alkanes of at least 4 members (excludes halogenated alkanes) is 1. The van der Waals surface area contributed by atoms with Gasteiger partial charge in [0.1, 0.15) is 4.21 Å². The molecule has 0 aliphatic carbocycles. The summed E-state index contributed by atoms with van der Waals surface area (Å²) in [5, 5.41) is 3.35. The van der Waals surface area contributed by atoms with Crippen LogP contribution in [0.1, 0.15) is 30.5 Å². The number of rotatable bonds is 7. The first-order chi connectivity index (χ1) is 12.0. The molecule has 3 heterocycles. The average Bonchev–Trinajstić information content (AvgIpc) is 3.23. The van der Waals surface area contributed by atoms with Crippen LogP contribution in [0, 0.1) is 0 Å². The zero-order valence-corrected chi connectivity index (χ0v) is 18.2. The fourth-order valence-corrected chi connectivity index (χ4v) is 7.20. The number of aromatic nitrogens is 1. The first-order valence-corrected chi connectivity index (χ1v) is 12.3. The van der Waals surface area contributed by atoms with Crippen LogP contribution in [0.25, 0.3) is 0 Å². The number of hydrogen-bond acceptors (Lipinski definition) is 6. The standard InChI is InChI=1S/C16H22BrN3O2S3/c1-2-3-4-15-18-13(12-23-15)11-19-7-9-20(10-8-19)25(21,22)16-6-5-14(17)24-16/h5-6,12H,2-4,7-11H2,1H3. The van der Waals surface area contributed by atoms with Crippen LogP contribution in [0.3, 0.4) is 0 Å². The van der Waals surface area contributed by atoms with Gasteiger partial charge in [0.25, 0.3) is 10.0 Å². The van der Waals surface area contributed by atoms with Gasteiger partial charge >= 0.3 is 0 Å². The maximum Gasteiger partial charge on any atom is 0.252 e. The topological polar surface area (TPSA) is 53.5 Å². The highest BCUT2D eigenvalue weighted by Gasteiger charge is 2.29. The monoisotopic (exact) mass is 463 g/mol. The molecule has 3 rings (SSSR count). The third-order valence-corrected chi connectivity index (χ3v) is 9.15. The Labute approximate surface area is 165 Å². The van der Waals surface area contributed by atoms with E-state index in [9.17, 15) is 8.42 Å². The zero-order chi connectivity index (χ0) is 17.9. The largest absolute Gasteiger partial charge is 0.295 e. The normalized spacial score (nSPS) is 17.2. The van der Waals surface area contributed by atoms with Crippen LogP contribution in [0.2, 0.25) is 0 Å². The third kappa shape index (κ3) is 4.90. The molecule has 5 nitrogen and oxygen atoms in total. The Kier molecular flexibility index (Phi) is 6.67. The summed E-state index contributed by atoms with van der Waals surface area (Å²) < 4.78 is 28.2. The Hall–Kier alpha value is -0.320. The zero-order valence-electron chi connectivity index (χ0n) is 14.1. The molecule has 25 heavy (non-hydrogen) atoms. The van der Waals surface area contributed by atoms with Crippen molar-refractivity contribution in [3.63, 3.8) is 0 Å². The van der Waals surface area contributed by atoms with E-state index in [0.717, 1.165) is 35.5 Å². The van der Waals surface area contributed by atoms with Gasteiger partial charge in [0.2, 0.25) is 0 Å². The average molecular weight is 464 g/mol. The van der Waals surface area contributed by atoms with Crippen molar-refractivity contribution in [1.82, 2.24) is 14.2 Å². The van der Waals surface area contributed by atoms with Crippen LogP contribution in [0.5, 0.6) is 0 Å². The van der Waals surface area contributed by atoms with Crippen LogP contribution < -0.4 is 0 Å². The summed E-state index contributed by atoms with van der Waals surface area (Å²) in [5.74, 6) is 0. The smallest absolute Gasteiger partial charge is 0.252 e. The molecule has 0 atom stereocenters. The van der Waals surface area contributed by atoms with Gasteiger partial charge in [-0.25, -0.2) is 13.4 Å². The molecule has 0 aromatic carbocycles. The number of sulfonamides is 1. The summed E-state index contributed by atoms with van der Waals surface area (Å²) in [6.07, 6.45) is 3.43. The number of thiazole rings is 1. The molecule has 9 heteroatoms. The maximum absolute atomic E-state index is 12.7. The second-order valence-corrected chi connectivity index (χ2v) is 11.6. The van der Waals surface area contributed by atoms with Gasteiger partial charge in [-0.05, 0) is 40.9 Å². The molecule has 0 bridgehead atoms. The van der Waals surface area contributed by atoms with Crippen molar-refractivity contribution < 1.29 is 8.42 Å². The molecule has 0 unspecified atom stereocenters. The molecule has 2 aromatic rings. The van der Waals surface area contributed by atoms with Crippen molar-refractivity contribution in [3.05, 3.63) is 32.0 Å². The van der Waals surface area contributed by atoms with Crippen LogP contribution in [0.15, 0.2) is 25.5 Å². The number of halogens is 1. The number of hydrogen-bond donors (Lipinski definition) is 0. The van der Waals surface area contributed by atoms with Crippen molar-refractivity contribution in [2.45, 2.75) is 36.9 Å². The second kappa shape index (κ2) is 8.58. The summed E-state index contributed by atoms with van der Waals surface area (Å²) in [6.45, 7) is 5.55. The Morgan fingerprint density at radius 3 is 2.64 bits per heavy atom. The number of thiophene rings is 1. The molecule has 138 valence electrons. The van der Waals surface area contributed by atoms with Gasteiger partial charge in [0.15, 0.2) is 0 Å². The lowest BCUT2D eigenvalue weighted by Gasteiger charge is -2.33. The number of nitrogens with zero attached hydrogens (tertiary/aromatic N) is 3. The lowest BCUT2D eigenvalue weighted by atomic mass is 10.3. The lowest BCUT2D eigenvalue weighted by molar-refractivity contribution is 0.180. The van der Waals surface area contributed by atoms with Crippen LogP contribution in [-0.4, -0.2) is 48.8 Å². The Morgan fingerprint density at radius 1 is 1.24 bits per heavy atom. The predicted octanol–water partition coefficient (Wildman–Crippen LogP) is 3.82. The molecular formula is C16H22BrN3O2S3. The Morgan fingerprint density at radius 2 is 2.00 bits per heavy atom. The molecule has 0 spiro atoms. The quantitative estimate of drug-likeness (QED) is 0.625. The van der Waals surface area contributed by atoms with Gasteiger partial charge in [-0.2, -0.15) is 4.31 Å². The van der Waals surface area contributed by atoms with E-state index in [4.69, 9.17) is 4.98 Å². The molecule has 1 saturated heterocycles. The molecule has 0 radical (unpaired) electrons. The minimum absolute atomic E-state index is 0.410. The van der Waals surface area contributed by atoms with Crippen molar-refractivity contribution in [3.8, 4) is 0 Å². The number of aryl methyl sites for hydroxylation is 1. The molecule has 0 N–H and O–H groups in total. The van der Waals surface area contributed by atoms with Gasteiger partial charge in [-0.15, -0.1) is 22.7 Å². The van der Waals surface area contributed by atoms with E-state index in [1.54, 1.807) is 27.8 Å². The maximum atomic E-state index is 12.7. The van der Waals surface area contributed by atoms with E-state index in [1.807, 2.05) is 0 Å². The first kappa shape index (κ1) is 19.4. The lowest BCUT2D eigenvalue weighted by Crippen LogP contribution is -2.48. The van der Waals surface area contributed by atoms with Crippen LogP contribution in [-0.2, 0) is 23.0 Å². The SMILES string of the molecule is CCCCc1nc(CN2CCN(S(=O)(=O)c3ccc(Br)s3)CC2)cs1. The summed E-state index contributed by atoms with van der Waals surface area (Å²) in [4.78, 5) is 6.99. The molecular weight excluding hydrogens is 442 g/mol. The molecule has 1 fully saturated rings. The fourth-order valence-electron chi connectivity index (χ4n) is 2.79. The van der Waals surface area contributed by atoms with Gasteiger partial charge in [0.05, 0.1) is 14.5 Å². The molecule has 2 aromatic heterocycles. The Bertz CT molecular complexity index is 795. The summed E-state index contributed by atoms with van der Waals surface area (Å²) in [7, 11) is -3.36.